The highest BCUT2D eigenvalue weighted by Crippen LogP contribution is 2.32. The van der Waals surface area contributed by atoms with Crippen molar-refractivity contribution >= 4 is 11.6 Å². The molecule has 3 nitrogen and oxygen atoms in total. The van der Waals surface area contributed by atoms with Crippen LogP contribution in [0.2, 0.25) is 0 Å². The summed E-state index contributed by atoms with van der Waals surface area (Å²) in [5, 5.41) is 3.20. The molecule has 1 fully saturated rings. The third-order valence-electron chi connectivity index (χ3n) is 6.10. The van der Waals surface area contributed by atoms with Crippen LogP contribution in [0.1, 0.15) is 48.8 Å². The summed E-state index contributed by atoms with van der Waals surface area (Å²) in [7, 11) is 0. The molecule has 0 aromatic heterocycles. The summed E-state index contributed by atoms with van der Waals surface area (Å²) in [5.41, 5.74) is 4.70. The normalized spacial score (nSPS) is 22.4. The van der Waals surface area contributed by atoms with Crippen molar-refractivity contribution in [1.29, 1.82) is 0 Å². The van der Waals surface area contributed by atoms with Crippen LogP contribution in [-0.2, 0) is 4.79 Å². The average molecular weight is 366 g/mol. The summed E-state index contributed by atoms with van der Waals surface area (Å²) in [5.74, 6) is 0.787. The lowest BCUT2D eigenvalue weighted by Crippen LogP contribution is -2.56. The fourth-order valence-electron chi connectivity index (χ4n) is 4.60. The Morgan fingerprint density at radius 2 is 1.63 bits per heavy atom. The Morgan fingerprint density at radius 1 is 1.00 bits per heavy atom. The first kappa shape index (κ1) is 19.6. The molecular formula is C24H33N2O+. The molecule has 2 aromatic carbocycles. The Labute approximate surface area is 164 Å². The van der Waals surface area contributed by atoms with E-state index in [1.165, 1.54) is 18.4 Å². The van der Waals surface area contributed by atoms with Crippen LogP contribution in [0.4, 0.5) is 5.69 Å². The number of carbonyl (C=O) groups is 1. The van der Waals surface area contributed by atoms with E-state index in [-0.39, 0.29) is 5.91 Å². The number of para-hydroxylation sites is 1. The molecule has 0 atom stereocenters. The lowest BCUT2D eigenvalue weighted by molar-refractivity contribution is -0.925. The number of hydrogen-bond acceptors (Lipinski definition) is 1. The van der Waals surface area contributed by atoms with Gasteiger partial charge in [-0.15, -0.1) is 0 Å². The highest BCUT2D eigenvalue weighted by molar-refractivity contribution is 5.93. The molecule has 1 aliphatic heterocycles. The maximum absolute atomic E-state index is 12.9. The van der Waals surface area contributed by atoms with E-state index in [9.17, 15) is 4.79 Å². The number of carbonyl (C=O) groups excluding carboxylic acids is 1. The number of amides is 1. The minimum atomic E-state index is 0.152. The van der Waals surface area contributed by atoms with Gasteiger partial charge in [0.15, 0.2) is 6.54 Å². The van der Waals surface area contributed by atoms with Gasteiger partial charge in [0, 0.05) is 18.5 Å². The van der Waals surface area contributed by atoms with Gasteiger partial charge < -0.3 is 9.80 Å². The Bertz CT molecular complexity index is 741. The molecule has 0 aliphatic carbocycles. The van der Waals surface area contributed by atoms with Crippen LogP contribution in [0.25, 0.3) is 0 Å². The standard InChI is InChI=1S/C24H32N2O/c1-4-15-26(16-13-22(14-17-26)21-11-6-5-7-12-21)18-23(27)25-24-19(2)9-8-10-20(24)3/h5-12,22H,4,13-18H2,1-3H3/p+1. The van der Waals surface area contributed by atoms with Crippen molar-refractivity contribution in [2.45, 2.75) is 46.0 Å². The van der Waals surface area contributed by atoms with Crippen LogP contribution < -0.4 is 5.32 Å². The molecule has 2 aromatic rings. The summed E-state index contributed by atoms with van der Waals surface area (Å²) in [6.45, 7) is 10.2. The third kappa shape index (κ3) is 4.78. The topological polar surface area (TPSA) is 29.1 Å². The summed E-state index contributed by atoms with van der Waals surface area (Å²) in [6.07, 6.45) is 3.45. The molecule has 0 saturated carbocycles. The fraction of sp³-hybridized carbons (Fsp3) is 0.458. The van der Waals surface area contributed by atoms with Crippen LogP contribution in [0, 0.1) is 13.8 Å². The van der Waals surface area contributed by atoms with E-state index in [2.05, 4.69) is 68.6 Å². The van der Waals surface area contributed by atoms with Crippen molar-refractivity contribution < 1.29 is 9.28 Å². The number of anilines is 1. The van der Waals surface area contributed by atoms with E-state index in [4.69, 9.17) is 0 Å². The molecule has 0 spiro atoms. The molecule has 0 unspecified atom stereocenters. The maximum Gasteiger partial charge on any atom is 0.279 e. The van der Waals surface area contributed by atoms with Gasteiger partial charge in [-0.05, 0) is 42.9 Å². The summed E-state index contributed by atoms with van der Waals surface area (Å²) < 4.78 is 0.927. The SMILES string of the molecule is CCC[N+]1(CC(=O)Nc2c(C)cccc2C)CCC(c2ccccc2)CC1. The number of nitrogens with one attached hydrogen (secondary N) is 1. The quantitative estimate of drug-likeness (QED) is 0.713. The molecule has 1 aliphatic rings. The monoisotopic (exact) mass is 365 g/mol. The van der Waals surface area contributed by atoms with Gasteiger partial charge in [0.05, 0.1) is 19.6 Å². The van der Waals surface area contributed by atoms with Crippen molar-refractivity contribution in [2.24, 2.45) is 0 Å². The first-order valence-corrected chi connectivity index (χ1v) is 10.3. The smallest absolute Gasteiger partial charge is 0.279 e. The van der Waals surface area contributed by atoms with Crippen LogP contribution >= 0.6 is 0 Å². The van der Waals surface area contributed by atoms with Gasteiger partial charge >= 0.3 is 0 Å². The minimum absolute atomic E-state index is 0.152. The second kappa shape index (κ2) is 8.71. The number of hydrogen-bond donors (Lipinski definition) is 1. The lowest BCUT2D eigenvalue weighted by Gasteiger charge is -2.43. The zero-order valence-electron chi connectivity index (χ0n) is 17.0. The maximum atomic E-state index is 12.9. The summed E-state index contributed by atoms with van der Waals surface area (Å²) in [6, 6.07) is 17.0. The molecular weight excluding hydrogens is 332 g/mol. The molecule has 0 bridgehead atoms. The van der Waals surface area contributed by atoms with Gasteiger partial charge in [0.2, 0.25) is 0 Å². The summed E-state index contributed by atoms with van der Waals surface area (Å²) in [4.78, 5) is 12.9. The zero-order valence-corrected chi connectivity index (χ0v) is 17.0. The Hall–Kier alpha value is -2.13. The van der Waals surface area contributed by atoms with E-state index < -0.39 is 0 Å². The molecule has 0 radical (unpaired) electrons. The van der Waals surface area contributed by atoms with E-state index >= 15 is 0 Å². The average Bonchev–Trinajstić information content (AvgIpc) is 2.66. The number of rotatable bonds is 6. The Morgan fingerprint density at radius 3 is 2.22 bits per heavy atom. The van der Waals surface area contributed by atoms with E-state index in [1.807, 2.05) is 6.07 Å². The van der Waals surface area contributed by atoms with E-state index in [1.54, 1.807) is 0 Å². The van der Waals surface area contributed by atoms with Crippen LogP contribution in [0.15, 0.2) is 48.5 Å². The van der Waals surface area contributed by atoms with Crippen molar-refractivity contribution in [3.8, 4) is 0 Å². The number of aryl methyl sites for hydroxylation is 2. The largest absolute Gasteiger partial charge is 0.321 e. The van der Waals surface area contributed by atoms with Gasteiger partial charge in [-0.3, -0.25) is 4.79 Å². The van der Waals surface area contributed by atoms with E-state index in [0.29, 0.717) is 12.5 Å². The minimum Gasteiger partial charge on any atom is -0.321 e. The third-order valence-corrected chi connectivity index (χ3v) is 6.10. The number of nitrogens with zero attached hydrogens (tertiary/aromatic N) is 1. The number of quaternary nitrogens is 1. The Kier molecular flexibility index (Phi) is 6.33. The van der Waals surface area contributed by atoms with Gasteiger partial charge in [0.1, 0.15) is 0 Å². The fourth-order valence-corrected chi connectivity index (χ4v) is 4.60. The van der Waals surface area contributed by atoms with Crippen LogP contribution in [0.5, 0.6) is 0 Å². The first-order valence-electron chi connectivity index (χ1n) is 10.3. The molecule has 3 heteroatoms. The van der Waals surface area contributed by atoms with Gasteiger partial charge in [-0.25, -0.2) is 0 Å². The van der Waals surface area contributed by atoms with Gasteiger partial charge in [-0.1, -0.05) is 55.5 Å². The predicted octanol–water partition coefficient (Wildman–Crippen LogP) is 5.05. The van der Waals surface area contributed by atoms with E-state index in [0.717, 1.165) is 47.4 Å². The highest BCUT2D eigenvalue weighted by Gasteiger charge is 2.35. The molecule has 1 heterocycles. The molecule has 1 amide bonds. The van der Waals surface area contributed by atoms with Crippen LogP contribution in [0.3, 0.4) is 0 Å². The summed E-state index contributed by atoms with van der Waals surface area (Å²) >= 11 is 0. The van der Waals surface area contributed by atoms with Crippen molar-refractivity contribution in [2.75, 3.05) is 31.5 Å². The predicted molar refractivity (Wildman–Crippen MR) is 113 cm³/mol. The van der Waals surface area contributed by atoms with Crippen LogP contribution in [-0.4, -0.2) is 36.6 Å². The lowest BCUT2D eigenvalue weighted by atomic mass is 9.88. The second-order valence-corrected chi connectivity index (χ2v) is 8.17. The molecule has 27 heavy (non-hydrogen) atoms. The number of likely N-dealkylation sites (tertiary alicyclic amines) is 1. The van der Waals surface area contributed by atoms with Crippen molar-refractivity contribution in [1.82, 2.24) is 0 Å². The molecule has 144 valence electrons. The van der Waals surface area contributed by atoms with Gasteiger partial charge in [0.25, 0.3) is 5.91 Å². The van der Waals surface area contributed by atoms with Gasteiger partial charge in [-0.2, -0.15) is 0 Å². The number of piperidine rings is 1. The first-order chi connectivity index (χ1) is 13.0. The van der Waals surface area contributed by atoms with Crippen molar-refractivity contribution in [3.63, 3.8) is 0 Å². The molecule has 1 N–H and O–H groups in total. The highest BCUT2D eigenvalue weighted by atomic mass is 16.2. The molecule has 3 rings (SSSR count). The zero-order chi connectivity index (χ0) is 19.3. The Balaban J connectivity index is 1.66. The number of benzene rings is 2. The van der Waals surface area contributed by atoms with Crippen molar-refractivity contribution in [3.05, 3.63) is 65.2 Å². The molecule has 1 saturated heterocycles. The second-order valence-electron chi connectivity index (χ2n) is 8.17.